The van der Waals surface area contributed by atoms with Crippen molar-refractivity contribution in [2.24, 2.45) is 0 Å². The van der Waals surface area contributed by atoms with E-state index in [0.717, 1.165) is 25.2 Å². The van der Waals surface area contributed by atoms with Gasteiger partial charge in [-0.05, 0) is 30.5 Å². The van der Waals surface area contributed by atoms with E-state index in [9.17, 15) is 9.18 Å². The molecule has 2 atom stereocenters. The van der Waals surface area contributed by atoms with Gasteiger partial charge in [0.05, 0.1) is 0 Å². The second-order valence-electron chi connectivity index (χ2n) is 5.30. The van der Waals surface area contributed by atoms with Crippen LogP contribution in [0.1, 0.15) is 31.7 Å². The minimum absolute atomic E-state index is 0.0466. The summed E-state index contributed by atoms with van der Waals surface area (Å²) in [5.41, 5.74) is 0.885. The Kier molecular flexibility index (Phi) is 4.53. The SMILES string of the molecule is CC(CC(=O)N1CCNC[C@@H]1C)c1cccc(F)c1. The standard InChI is InChI=1S/C15H21FN2O/c1-11(13-4-3-5-14(16)9-13)8-15(19)18-7-6-17-10-12(18)2/h3-5,9,11-12,17H,6-8,10H2,1-2H3/t11?,12-/m0/s1. The molecule has 104 valence electrons. The van der Waals surface area contributed by atoms with Gasteiger partial charge in [-0.1, -0.05) is 19.1 Å². The first-order chi connectivity index (χ1) is 9.08. The van der Waals surface area contributed by atoms with Crippen molar-refractivity contribution < 1.29 is 9.18 Å². The molecule has 0 radical (unpaired) electrons. The lowest BCUT2D eigenvalue weighted by atomic mass is 9.96. The summed E-state index contributed by atoms with van der Waals surface area (Å²) in [6.07, 6.45) is 0.438. The quantitative estimate of drug-likeness (QED) is 0.907. The van der Waals surface area contributed by atoms with Gasteiger partial charge in [-0.25, -0.2) is 4.39 Å². The van der Waals surface area contributed by atoms with Gasteiger partial charge in [-0.2, -0.15) is 0 Å². The zero-order valence-corrected chi connectivity index (χ0v) is 11.5. The van der Waals surface area contributed by atoms with Crippen LogP contribution < -0.4 is 5.32 Å². The number of amides is 1. The van der Waals surface area contributed by atoms with Crippen LogP contribution in [-0.4, -0.2) is 36.5 Å². The summed E-state index contributed by atoms with van der Waals surface area (Å²) in [5.74, 6) is -0.0385. The number of hydrogen-bond donors (Lipinski definition) is 1. The molecule has 1 aromatic rings. The molecule has 1 saturated heterocycles. The van der Waals surface area contributed by atoms with Crippen LogP contribution in [-0.2, 0) is 4.79 Å². The van der Waals surface area contributed by atoms with Crippen molar-refractivity contribution >= 4 is 5.91 Å². The van der Waals surface area contributed by atoms with E-state index in [1.165, 1.54) is 12.1 Å². The molecule has 0 aliphatic carbocycles. The first kappa shape index (κ1) is 14.0. The Morgan fingerprint density at radius 2 is 2.37 bits per heavy atom. The summed E-state index contributed by atoms with van der Waals surface area (Å²) in [4.78, 5) is 14.2. The lowest BCUT2D eigenvalue weighted by Gasteiger charge is -2.34. The number of carbonyl (C=O) groups excluding carboxylic acids is 1. The van der Waals surface area contributed by atoms with Crippen LogP contribution in [0.3, 0.4) is 0 Å². The molecular formula is C15H21FN2O. The Hall–Kier alpha value is -1.42. The summed E-state index contributed by atoms with van der Waals surface area (Å²) >= 11 is 0. The van der Waals surface area contributed by atoms with E-state index < -0.39 is 0 Å². The molecule has 0 spiro atoms. The van der Waals surface area contributed by atoms with Crippen LogP contribution in [0.15, 0.2) is 24.3 Å². The van der Waals surface area contributed by atoms with Crippen LogP contribution in [0.2, 0.25) is 0 Å². The monoisotopic (exact) mass is 264 g/mol. The summed E-state index contributed by atoms with van der Waals surface area (Å²) in [7, 11) is 0. The van der Waals surface area contributed by atoms with E-state index >= 15 is 0 Å². The molecule has 1 aliphatic heterocycles. The van der Waals surface area contributed by atoms with Crippen molar-refractivity contribution in [1.29, 1.82) is 0 Å². The minimum Gasteiger partial charge on any atom is -0.337 e. The topological polar surface area (TPSA) is 32.3 Å². The highest BCUT2D eigenvalue weighted by Crippen LogP contribution is 2.21. The molecule has 1 aromatic carbocycles. The van der Waals surface area contributed by atoms with Crippen LogP contribution in [0.5, 0.6) is 0 Å². The molecular weight excluding hydrogens is 243 g/mol. The third-order valence-electron chi connectivity index (χ3n) is 3.72. The lowest BCUT2D eigenvalue weighted by Crippen LogP contribution is -2.52. The smallest absolute Gasteiger partial charge is 0.223 e. The third-order valence-corrected chi connectivity index (χ3v) is 3.72. The van der Waals surface area contributed by atoms with E-state index in [4.69, 9.17) is 0 Å². The summed E-state index contributed by atoms with van der Waals surface area (Å²) in [6, 6.07) is 6.75. The van der Waals surface area contributed by atoms with Crippen molar-refractivity contribution in [1.82, 2.24) is 10.2 Å². The molecule has 0 aromatic heterocycles. The van der Waals surface area contributed by atoms with Crippen molar-refractivity contribution in [3.05, 3.63) is 35.6 Å². The van der Waals surface area contributed by atoms with E-state index in [0.29, 0.717) is 6.42 Å². The Bertz CT molecular complexity index is 450. The average Bonchev–Trinajstić information content (AvgIpc) is 2.39. The summed E-state index contributed by atoms with van der Waals surface area (Å²) < 4.78 is 13.2. The van der Waals surface area contributed by atoms with Gasteiger partial charge in [0.2, 0.25) is 5.91 Å². The number of benzene rings is 1. The highest BCUT2D eigenvalue weighted by atomic mass is 19.1. The zero-order chi connectivity index (χ0) is 13.8. The van der Waals surface area contributed by atoms with Gasteiger partial charge < -0.3 is 10.2 Å². The van der Waals surface area contributed by atoms with Gasteiger partial charge in [0, 0.05) is 32.1 Å². The number of carbonyl (C=O) groups is 1. The Morgan fingerprint density at radius 1 is 1.58 bits per heavy atom. The predicted octanol–water partition coefficient (Wildman–Crippen LogP) is 2.14. The van der Waals surface area contributed by atoms with Crippen molar-refractivity contribution in [3.63, 3.8) is 0 Å². The van der Waals surface area contributed by atoms with Crippen LogP contribution >= 0.6 is 0 Å². The Balaban J connectivity index is 1.98. The fraction of sp³-hybridized carbons (Fsp3) is 0.533. The number of piperazine rings is 1. The first-order valence-corrected chi connectivity index (χ1v) is 6.83. The van der Waals surface area contributed by atoms with Gasteiger partial charge in [0.15, 0.2) is 0 Å². The molecule has 1 unspecified atom stereocenters. The maximum atomic E-state index is 13.2. The molecule has 1 heterocycles. The van der Waals surface area contributed by atoms with E-state index in [1.54, 1.807) is 6.07 Å². The molecule has 2 rings (SSSR count). The summed E-state index contributed by atoms with van der Waals surface area (Å²) in [5, 5.41) is 3.27. The number of rotatable bonds is 3. The lowest BCUT2D eigenvalue weighted by molar-refractivity contribution is -0.134. The molecule has 4 heteroatoms. The Labute approximate surface area is 113 Å². The van der Waals surface area contributed by atoms with Crippen molar-refractivity contribution in [3.8, 4) is 0 Å². The predicted molar refractivity (Wildman–Crippen MR) is 73.5 cm³/mol. The van der Waals surface area contributed by atoms with Gasteiger partial charge in [0.1, 0.15) is 5.82 Å². The molecule has 19 heavy (non-hydrogen) atoms. The highest BCUT2D eigenvalue weighted by molar-refractivity contribution is 5.77. The largest absolute Gasteiger partial charge is 0.337 e. The minimum atomic E-state index is -0.243. The number of nitrogens with zero attached hydrogens (tertiary/aromatic N) is 1. The number of nitrogens with one attached hydrogen (secondary N) is 1. The van der Waals surface area contributed by atoms with Crippen LogP contribution in [0, 0.1) is 5.82 Å². The maximum Gasteiger partial charge on any atom is 0.223 e. The van der Waals surface area contributed by atoms with Crippen molar-refractivity contribution in [2.75, 3.05) is 19.6 Å². The van der Waals surface area contributed by atoms with Crippen LogP contribution in [0.4, 0.5) is 4.39 Å². The van der Waals surface area contributed by atoms with Crippen LogP contribution in [0.25, 0.3) is 0 Å². The second-order valence-corrected chi connectivity index (χ2v) is 5.30. The Morgan fingerprint density at radius 3 is 3.05 bits per heavy atom. The molecule has 0 bridgehead atoms. The first-order valence-electron chi connectivity index (χ1n) is 6.83. The van der Waals surface area contributed by atoms with E-state index in [-0.39, 0.29) is 23.7 Å². The number of halogens is 1. The molecule has 1 N–H and O–H groups in total. The van der Waals surface area contributed by atoms with E-state index in [1.807, 2.05) is 17.9 Å². The average molecular weight is 264 g/mol. The summed E-state index contributed by atoms with van der Waals surface area (Å²) in [6.45, 7) is 6.48. The highest BCUT2D eigenvalue weighted by Gasteiger charge is 2.24. The molecule has 1 amide bonds. The molecule has 3 nitrogen and oxygen atoms in total. The maximum absolute atomic E-state index is 13.2. The molecule has 1 fully saturated rings. The number of hydrogen-bond acceptors (Lipinski definition) is 2. The van der Waals surface area contributed by atoms with E-state index in [2.05, 4.69) is 12.2 Å². The third kappa shape index (κ3) is 3.53. The zero-order valence-electron chi connectivity index (χ0n) is 11.5. The van der Waals surface area contributed by atoms with Gasteiger partial charge in [-0.3, -0.25) is 4.79 Å². The van der Waals surface area contributed by atoms with Gasteiger partial charge in [0.25, 0.3) is 0 Å². The van der Waals surface area contributed by atoms with Crippen molar-refractivity contribution in [2.45, 2.75) is 32.2 Å². The fourth-order valence-electron chi connectivity index (χ4n) is 2.52. The fourth-order valence-corrected chi connectivity index (χ4v) is 2.52. The normalized spacial score (nSPS) is 21.2. The molecule has 0 saturated carbocycles. The second kappa shape index (κ2) is 6.15. The molecule has 1 aliphatic rings. The van der Waals surface area contributed by atoms with Gasteiger partial charge in [-0.15, -0.1) is 0 Å². The van der Waals surface area contributed by atoms with Gasteiger partial charge >= 0.3 is 0 Å².